The molecule has 1 aromatic carbocycles. The van der Waals surface area contributed by atoms with Crippen LogP contribution >= 0.6 is 0 Å². The van der Waals surface area contributed by atoms with Crippen LogP contribution in [0.3, 0.4) is 0 Å². The molecule has 4 heteroatoms. The Labute approximate surface area is 106 Å². The minimum Gasteiger partial charge on any atom is -0.307 e. The van der Waals surface area contributed by atoms with E-state index < -0.39 is 0 Å². The van der Waals surface area contributed by atoms with Gasteiger partial charge in [0.25, 0.3) is 0 Å². The van der Waals surface area contributed by atoms with E-state index in [-0.39, 0.29) is 5.91 Å². The third-order valence-electron chi connectivity index (χ3n) is 2.59. The van der Waals surface area contributed by atoms with Gasteiger partial charge in [-0.3, -0.25) is 4.79 Å². The molecule has 0 aliphatic rings. The highest BCUT2D eigenvalue weighted by Gasteiger charge is 2.09. The number of hydrogen-bond acceptors (Lipinski definition) is 2. The molecule has 0 spiro atoms. The van der Waals surface area contributed by atoms with Crippen LogP contribution in [0, 0.1) is 0 Å². The molecule has 0 aliphatic carbocycles. The van der Waals surface area contributed by atoms with Crippen molar-refractivity contribution in [3.05, 3.63) is 49.1 Å². The van der Waals surface area contributed by atoms with E-state index in [1.165, 1.54) is 6.08 Å². The Hall–Kier alpha value is -2.36. The lowest BCUT2D eigenvalue weighted by Gasteiger charge is -2.03. The molecule has 92 valence electrons. The molecule has 2 rings (SSSR count). The summed E-state index contributed by atoms with van der Waals surface area (Å²) in [6.45, 7) is 6.11. The highest BCUT2D eigenvalue weighted by atomic mass is 16.1. The van der Waals surface area contributed by atoms with E-state index >= 15 is 0 Å². The molecule has 1 N–H and O–H groups in total. The Morgan fingerprint density at radius 3 is 2.78 bits per heavy atom. The molecule has 0 radical (unpaired) electrons. The SMILES string of the molecule is C=CC(=O)Nc1cc(-c2ccccc2)nn1CC. The van der Waals surface area contributed by atoms with Crippen LogP contribution in [0.15, 0.2) is 49.1 Å². The molecule has 4 nitrogen and oxygen atoms in total. The average Bonchev–Trinajstić information content (AvgIpc) is 2.82. The zero-order valence-corrected chi connectivity index (χ0v) is 10.3. The molecule has 2 aromatic rings. The molecule has 0 fully saturated rings. The normalized spacial score (nSPS) is 10.1. The maximum absolute atomic E-state index is 11.3. The Morgan fingerprint density at radius 1 is 1.44 bits per heavy atom. The van der Waals surface area contributed by atoms with E-state index in [2.05, 4.69) is 17.0 Å². The topological polar surface area (TPSA) is 46.9 Å². The monoisotopic (exact) mass is 241 g/mol. The fraction of sp³-hybridized carbons (Fsp3) is 0.143. The number of aromatic nitrogens is 2. The van der Waals surface area contributed by atoms with Gasteiger partial charge in [0.1, 0.15) is 5.82 Å². The predicted octanol–water partition coefficient (Wildman–Crippen LogP) is 2.69. The summed E-state index contributed by atoms with van der Waals surface area (Å²) in [5.74, 6) is 0.450. The van der Waals surface area contributed by atoms with Gasteiger partial charge in [0, 0.05) is 18.2 Å². The molecule has 18 heavy (non-hydrogen) atoms. The van der Waals surface area contributed by atoms with Crippen molar-refractivity contribution in [1.29, 1.82) is 0 Å². The van der Waals surface area contributed by atoms with Gasteiger partial charge in [-0.05, 0) is 13.0 Å². The van der Waals surface area contributed by atoms with Gasteiger partial charge in [-0.2, -0.15) is 5.10 Å². The van der Waals surface area contributed by atoms with E-state index in [0.29, 0.717) is 12.4 Å². The number of nitrogens with zero attached hydrogens (tertiary/aromatic N) is 2. The largest absolute Gasteiger partial charge is 0.307 e. The van der Waals surface area contributed by atoms with Crippen molar-refractivity contribution in [3.8, 4) is 11.3 Å². The number of amides is 1. The van der Waals surface area contributed by atoms with Crippen molar-refractivity contribution < 1.29 is 4.79 Å². The summed E-state index contributed by atoms with van der Waals surface area (Å²) >= 11 is 0. The van der Waals surface area contributed by atoms with Gasteiger partial charge in [-0.1, -0.05) is 36.9 Å². The fourth-order valence-corrected chi connectivity index (χ4v) is 1.69. The molecule has 0 saturated carbocycles. The van der Waals surface area contributed by atoms with E-state index in [4.69, 9.17) is 0 Å². The number of benzene rings is 1. The number of rotatable bonds is 4. The molecule has 0 bridgehead atoms. The highest BCUT2D eigenvalue weighted by Crippen LogP contribution is 2.21. The summed E-state index contributed by atoms with van der Waals surface area (Å²) < 4.78 is 1.75. The third kappa shape index (κ3) is 2.48. The summed E-state index contributed by atoms with van der Waals surface area (Å²) in [5, 5.41) is 7.20. The first-order chi connectivity index (χ1) is 8.74. The number of carbonyl (C=O) groups excluding carboxylic acids is 1. The zero-order valence-electron chi connectivity index (χ0n) is 10.3. The summed E-state index contributed by atoms with van der Waals surface area (Å²) in [6, 6.07) is 11.7. The number of aryl methyl sites for hydroxylation is 1. The summed E-state index contributed by atoms with van der Waals surface area (Å²) in [6.07, 6.45) is 1.25. The van der Waals surface area contributed by atoms with Crippen LogP contribution in [0.1, 0.15) is 6.92 Å². The van der Waals surface area contributed by atoms with Crippen LogP contribution in [0.25, 0.3) is 11.3 Å². The maximum Gasteiger partial charge on any atom is 0.248 e. The first-order valence-corrected chi connectivity index (χ1v) is 5.81. The van der Waals surface area contributed by atoms with Gasteiger partial charge in [0.2, 0.25) is 5.91 Å². The van der Waals surface area contributed by atoms with Crippen LogP contribution in [0.5, 0.6) is 0 Å². The lowest BCUT2D eigenvalue weighted by molar-refractivity contribution is -0.111. The van der Waals surface area contributed by atoms with E-state index in [1.54, 1.807) is 4.68 Å². The van der Waals surface area contributed by atoms with E-state index in [9.17, 15) is 4.79 Å². The Balaban J connectivity index is 2.35. The molecule has 0 saturated heterocycles. The second kappa shape index (κ2) is 5.31. The molecule has 1 heterocycles. The van der Waals surface area contributed by atoms with Gasteiger partial charge >= 0.3 is 0 Å². The molecule has 0 aliphatic heterocycles. The molecular formula is C14H15N3O. The number of carbonyl (C=O) groups is 1. The molecule has 1 amide bonds. The van der Waals surface area contributed by atoms with Gasteiger partial charge in [-0.25, -0.2) is 4.68 Å². The summed E-state index contributed by atoms with van der Waals surface area (Å²) in [4.78, 5) is 11.3. The number of hydrogen-bond donors (Lipinski definition) is 1. The van der Waals surface area contributed by atoms with Crippen LogP contribution in [0.2, 0.25) is 0 Å². The standard InChI is InChI=1S/C14H15N3O/c1-3-14(18)15-13-10-12(16-17(13)4-2)11-8-6-5-7-9-11/h3,5-10H,1,4H2,2H3,(H,15,18). The quantitative estimate of drug-likeness (QED) is 0.836. The van der Waals surface area contributed by atoms with Crippen LogP contribution in [-0.2, 0) is 11.3 Å². The first-order valence-electron chi connectivity index (χ1n) is 5.81. The van der Waals surface area contributed by atoms with Crippen LogP contribution in [-0.4, -0.2) is 15.7 Å². The molecular weight excluding hydrogens is 226 g/mol. The Bertz CT molecular complexity index is 558. The zero-order chi connectivity index (χ0) is 13.0. The second-order valence-electron chi connectivity index (χ2n) is 3.79. The van der Waals surface area contributed by atoms with Crippen molar-refractivity contribution in [2.75, 3.05) is 5.32 Å². The number of anilines is 1. The van der Waals surface area contributed by atoms with Crippen molar-refractivity contribution in [1.82, 2.24) is 9.78 Å². The lowest BCUT2D eigenvalue weighted by Crippen LogP contribution is -2.12. The number of nitrogens with one attached hydrogen (secondary N) is 1. The average molecular weight is 241 g/mol. The molecule has 0 unspecified atom stereocenters. The predicted molar refractivity (Wildman–Crippen MR) is 72.2 cm³/mol. The first kappa shape index (κ1) is 12.1. The van der Waals surface area contributed by atoms with Gasteiger partial charge in [0.15, 0.2) is 0 Å². The smallest absolute Gasteiger partial charge is 0.248 e. The maximum atomic E-state index is 11.3. The van der Waals surface area contributed by atoms with E-state index in [0.717, 1.165) is 11.3 Å². The Kier molecular flexibility index (Phi) is 3.57. The Morgan fingerprint density at radius 2 is 2.17 bits per heavy atom. The van der Waals surface area contributed by atoms with Gasteiger partial charge in [-0.15, -0.1) is 0 Å². The van der Waals surface area contributed by atoms with Crippen molar-refractivity contribution in [2.24, 2.45) is 0 Å². The minimum absolute atomic E-state index is 0.232. The summed E-state index contributed by atoms with van der Waals surface area (Å²) in [7, 11) is 0. The second-order valence-corrected chi connectivity index (χ2v) is 3.79. The van der Waals surface area contributed by atoms with Crippen molar-refractivity contribution >= 4 is 11.7 Å². The van der Waals surface area contributed by atoms with Gasteiger partial charge < -0.3 is 5.32 Å². The summed E-state index contributed by atoms with van der Waals surface area (Å²) in [5.41, 5.74) is 1.87. The molecule has 1 aromatic heterocycles. The van der Waals surface area contributed by atoms with Crippen LogP contribution in [0.4, 0.5) is 5.82 Å². The molecule has 0 atom stereocenters. The third-order valence-corrected chi connectivity index (χ3v) is 2.59. The minimum atomic E-state index is -0.232. The van der Waals surface area contributed by atoms with Crippen molar-refractivity contribution in [3.63, 3.8) is 0 Å². The van der Waals surface area contributed by atoms with Crippen LogP contribution < -0.4 is 5.32 Å². The van der Waals surface area contributed by atoms with Crippen molar-refractivity contribution in [2.45, 2.75) is 13.5 Å². The van der Waals surface area contributed by atoms with Gasteiger partial charge in [0.05, 0.1) is 5.69 Å². The highest BCUT2D eigenvalue weighted by molar-refractivity contribution is 5.98. The fourth-order valence-electron chi connectivity index (χ4n) is 1.69. The van der Waals surface area contributed by atoms with E-state index in [1.807, 2.05) is 43.3 Å². The lowest BCUT2D eigenvalue weighted by atomic mass is 10.2.